The molecule has 0 fully saturated rings. The van der Waals surface area contributed by atoms with Crippen LogP contribution < -0.4 is 15.8 Å². The first-order valence-corrected chi connectivity index (χ1v) is 8.51. The maximum Gasteiger partial charge on any atom is 0.257 e. The zero-order valence-electron chi connectivity index (χ0n) is 14.6. The van der Waals surface area contributed by atoms with Gasteiger partial charge in [0, 0.05) is 18.2 Å². The fraction of sp³-hybridized carbons (Fsp3) is 0.143. The number of amides is 1. The highest BCUT2D eigenvalue weighted by Gasteiger charge is 2.13. The molecule has 0 unspecified atom stereocenters. The van der Waals surface area contributed by atoms with Crippen molar-refractivity contribution in [2.45, 2.75) is 13.5 Å². The van der Waals surface area contributed by atoms with Crippen LogP contribution in [0.25, 0.3) is 11.1 Å². The van der Waals surface area contributed by atoms with Gasteiger partial charge < -0.3 is 15.8 Å². The molecule has 1 amide bonds. The minimum atomic E-state index is -0.218. The summed E-state index contributed by atoms with van der Waals surface area (Å²) in [7, 11) is 0. The van der Waals surface area contributed by atoms with E-state index in [1.165, 1.54) is 0 Å². The van der Waals surface area contributed by atoms with Crippen LogP contribution in [0, 0.1) is 0 Å². The summed E-state index contributed by atoms with van der Waals surface area (Å²) in [6.07, 6.45) is 0. The van der Waals surface area contributed by atoms with E-state index in [9.17, 15) is 4.79 Å². The Morgan fingerprint density at radius 1 is 1.04 bits per heavy atom. The minimum Gasteiger partial charge on any atom is -0.478 e. The molecule has 0 atom stereocenters. The van der Waals surface area contributed by atoms with Gasteiger partial charge in [0.2, 0.25) is 5.88 Å². The summed E-state index contributed by atoms with van der Waals surface area (Å²) in [5.41, 5.74) is 9.10. The van der Waals surface area contributed by atoms with E-state index in [1.54, 1.807) is 24.3 Å². The van der Waals surface area contributed by atoms with Gasteiger partial charge in [-0.05, 0) is 35.7 Å². The quantitative estimate of drug-likeness (QED) is 0.710. The second-order valence-corrected chi connectivity index (χ2v) is 5.69. The third-order valence-electron chi connectivity index (χ3n) is 3.93. The second kappa shape index (κ2) is 8.27. The van der Waals surface area contributed by atoms with Gasteiger partial charge in [-0.3, -0.25) is 4.79 Å². The van der Waals surface area contributed by atoms with Gasteiger partial charge in [-0.1, -0.05) is 48.5 Å². The van der Waals surface area contributed by atoms with Crippen molar-refractivity contribution < 1.29 is 9.53 Å². The summed E-state index contributed by atoms with van der Waals surface area (Å²) in [4.78, 5) is 17.1. The Labute approximate surface area is 152 Å². The zero-order chi connectivity index (χ0) is 18.4. The smallest absolute Gasteiger partial charge is 0.257 e. The van der Waals surface area contributed by atoms with Crippen molar-refractivity contribution in [3.63, 3.8) is 0 Å². The number of hydrogen-bond donors (Lipinski definition) is 2. The molecule has 1 aromatic heterocycles. The van der Waals surface area contributed by atoms with Crippen LogP contribution in [0.4, 0.5) is 5.82 Å². The van der Waals surface area contributed by atoms with Crippen LogP contribution in [-0.2, 0) is 6.54 Å². The molecule has 26 heavy (non-hydrogen) atoms. The molecule has 2 aromatic carbocycles. The Hall–Kier alpha value is -3.18. The summed E-state index contributed by atoms with van der Waals surface area (Å²) in [5.74, 6) is 0.717. The molecule has 0 aliphatic heterocycles. The lowest BCUT2D eigenvalue weighted by Gasteiger charge is -2.11. The lowest BCUT2D eigenvalue weighted by molar-refractivity contribution is 0.102. The molecule has 132 valence electrons. The Bertz CT molecular complexity index is 892. The number of ether oxygens (including phenoxy) is 1. The molecule has 0 aliphatic carbocycles. The number of nitrogens with two attached hydrogens (primary N) is 1. The Balaban J connectivity index is 1.87. The molecule has 0 saturated heterocycles. The van der Waals surface area contributed by atoms with Gasteiger partial charge in [-0.15, -0.1) is 0 Å². The van der Waals surface area contributed by atoms with Crippen LogP contribution in [0.5, 0.6) is 5.88 Å². The third kappa shape index (κ3) is 4.07. The highest BCUT2D eigenvalue weighted by atomic mass is 16.5. The van der Waals surface area contributed by atoms with E-state index in [-0.39, 0.29) is 5.91 Å². The lowest BCUT2D eigenvalue weighted by atomic mass is 9.98. The predicted octanol–water partition coefficient (Wildman–Crippen LogP) is 3.86. The maximum atomic E-state index is 12.8. The first-order valence-electron chi connectivity index (χ1n) is 8.51. The number of carbonyl (C=O) groups excluding carboxylic acids is 1. The lowest BCUT2D eigenvalue weighted by Crippen LogP contribution is -2.14. The molecule has 0 radical (unpaired) electrons. The van der Waals surface area contributed by atoms with Crippen molar-refractivity contribution in [1.82, 2.24) is 4.98 Å². The van der Waals surface area contributed by atoms with Crippen LogP contribution in [0.3, 0.4) is 0 Å². The number of aromatic nitrogens is 1. The number of nitrogens with one attached hydrogen (secondary N) is 1. The molecule has 0 saturated carbocycles. The Kier molecular flexibility index (Phi) is 5.61. The fourth-order valence-electron chi connectivity index (χ4n) is 2.65. The second-order valence-electron chi connectivity index (χ2n) is 5.69. The molecule has 3 rings (SSSR count). The van der Waals surface area contributed by atoms with E-state index >= 15 is 0 Å². The minimum absolute atomic E-state index is 0.218. The maximum absolute atomic E-state index is 12.8. The normalized spacial score (nSPS) is 10.4. The average molecular weight is 347 g/mol. The molecule has 5 nitrogen and oxygen atoms in total. The van der Waals surface area contributed by atoms with Gasteiger partial charge in [0.25, 0.3) is 5.91 Å². The number of pyridine rings is 1. The number of anilines is 1. The van der Waals surface area contributed by atoms with Gasteiger partial charge in [-0.25, -0.2) is 0 Å². The van der Waals surface area contributed by atoms with Gasteiger partial charge in [0.05, 0.1) is 6.61 Å². The van der Waals surface area contributed by atoms with E-state index in [0.717, 1.165) is 16.7 Å². The number of benzene rings is 2. The topological polar surface area (TPSA) is 77.2 Å². The number of hydrogen-bond acceptors (Lipinski definition) is 4. The van der Waals surface area contributed by atoms with Crippen molar-refractivity contribution in [2.75, 3.05) is 11.9 Å². The molecule has 3 aromatic rings. The molecule has 0 aliphatic rings. The highest BCUT2D eigenvalue weighted by Crippen LogP contribution is 2.25. The van der Waals surface area contributed by atoms with Crippen LogP contribution in [0.15, 0.2) is 66.7 Å². The first-order chi connectivity index (χ1) is 12.7. The molecule has 3 N–H and O–H groups in total. The van der Waals surface area contributed by atoms with Crippen LogP contribution in [-0.4, -0.2) is 17.5 Å². The summed E-state index contributed by atoms with van der Waals surface area (Å²) >= 11 is 0. The van der Waals surface area contributed by atoms with E-state index in [2.05, 4.69) is 10.3 Å². The van der Waals surface area contributed by atoms with Gasteiger partial charge in [0.15, 0.2) is 0 Å². The van der Waals surface area contributed by atoms with Crippen molar-refractivity contribution in [3.8, 4) is 17.0 Å². The van der Waals surface area contributed by atoms with Crippen molar-refractivity contribution >= 4 is 11.7 Å². The summed E-state index contributed by atoms with van der Waals surface area (Å²) in [6, 6.07) is 20.7. The molecule has 0 spiro atoms. The summed E-state index contributed by atoms with van der Waals surface area (Å²) in [6.45, 7) is 2.90. The standard InChI is InChI=1S/C21H21N3O2/c1-2-26-20-9-5-8-19(23-20)24-21(25)18-7-4-3-6-17(18)16-12-10-15(14-22)11-13-16/h3-13H,2,14,22H2,1H3,(H,23,24,25). The van der Waals surface area contributed by atoms with Gasteiger partial charge >= 0.3 is 0 Å². The largest absolute Gasteiger partial charge is 0.478 e. The van der Waals surface area contributed by atoms with E-state index in [0.29, 0.717) is 30.4 Å². The zero-order valence-corrected chi connectivity index (χ0v) is 14.6. The number of rotatable bonds is 6. The average Bonchev–Trinajstić information content (AvgIpc) is 2.68. The van der Waals surface area contributed by atoms with E-state index in [1.807, 2.05) is 49.4 Å². The van der Waals surface area contributed by atoms with Gasteiger partial charge in [0.1, 0.15) is 5.82 Å². The Morgan fingerprint density at radius 3 is 2.54 bits per heavy atom. The highest BCUT2D eigenvalue weighted by molar-refractivity contribution is 6.08. The number of nitrogens with zero attached hydrogens (tertiary/aromatic N) is 1. The molecule has 1 heterocycles. The molecule has 5 heteroatoms. The van der Waals surface area contributed by atoms with Crippen molar-refractivity contribution in [2.24, 2.45) is 5.73 Å². The van der Waals surface area contributed by atoms with E-state index < -0.39 is 0 Å². The van der Waals surface area contributed by atoms with Crippen LogP contribution >= 0.6 is 0 Å². The molecular weight excluding hydrogens is 326 g/mol. The molecule has 0 bridgehead atoms. The summed E-state index contributed by atoms with van der Waals surface area (Å²) < 4.78 is 5.38. The first kappa shape index (κ1) is 17.6. The van der Waals surface area contributed by atoms with Crippen LogP contribution in [0.1, 0.15) is 22.8 Å². The Morgan fingerprint density at radius 2 is 1.81 bits per heavy atom. The fourth-order valence-corrected chi connectivity index (χ4v) is 2.65. The molecular formula is C21H21N3O2. The van der Waals surface area contributed by atoms with Crippen LogP contribution in [0.2, 0.25) is 0 Å². The number of carbonyl (C=O) groups is 1. The van der Waals surface area contributed by atoms with E-state index in [4.69, 9.17) is 10.5 Å². The summed E-state index contributed by atoms with van der Waals surface area (Å²) in [5, 5.41) is 2.84. The van der Waals surface area contributed by atoms with Gasteiger partial charge in [-0.2, -0.15) is 4.98 Å². The predicted molar refractivity (Wildman–Crippen MR) is 103 cm³/mol. The monoisotopic (exact) mass is 347 g/mol. The van der Waals surface area contributed by atoms with Crippen molar-refractivity contribution in [1.29, 1.82) is 0 Å². The van der Waals surface area contributed by atoms with Crippen molar-refractivity contribution in [3.05, 3.63) is 77.9 Å². The SMILES string of the molecule is CCOc1cccc(NC(=O)c2ccccc2-c2ccc(CN)cc2)n1. The third-order valence-corrected chi connectivity index (χ3v) is 3.93.